The second-order valence-electron chi connectivity index (χ2n) is 12.1. The maximum Gasteiger partial charge on any atom is 0.294 e. The highest BCUT2D eigenvalue weighted by Gasteiger charge is 2.46. The fraction of sp³-hybridized carbons (Fsp3) is 0.294. The SMILES string of the molecule is Cc1ccc(OCc2cc(C)cc(C3C(C#N)=C(N)N(c4ccc(Cl)cc4[N+](=O)[O-])C4=C3C(=O)CC(C)(C)C4)c2C)cc1. The fourth-order valence-corrected chi connectivity index (χ4v) is 6.30. The summed E-state index contributed by atoms with van der Waals surface area (Å²) in [5, 5.41) is 22.8. The Kier molecular flexibility index (Phi) is 7.80. The molecule has 5 rings (SSSR count). The Morgan fingerprint density at radius 2 is 1.79 bits per heavy atom. The lowest BCUT2D eigenvalue weighted by molar-refractivity contribution is -0.384. The van der Waals surface area contributed by atoms with E-state index in [2.05, 4.69) is 6.07 Å². The van der Waals surface area contributed by atoms with Crippen LogP contribution in [0.4, 0.5) is 11.4 Å². The Labute approximate surface area is 256 Å². The predicted molar refractivity (Wildman–Crippen MR) is 167 cm³/mol. The van der Waals surface area contributed by atoms with E-state index in [1.807, 2.05) is 71.0 Å². The molecular weight excluding hydrogens is 564 g/mol. The van der Waals surface area contributed by atoms with Gasteiger partial charge in [-0.3, -0.25) is 19.8 Å². The number of ether oxygens (including phenoxy) is 1. The van der Waals surface area contributed by atoms with Crippen LogP contribution < -0.4 is 15.4 Å². The zero-order valence-corrected chi connectivity index (χ0v) is 25.6. The van der Waals surface area contributed by atoms with Crippen LogP contribution in [0.1, 0.15) is 60.4 Å². The molecule has 0 fully saturated rings. The second kappa shape index (κ2) is 11.2. The van der Waals surface area contributed by atoms with Crippen LogP contribution in [0, 0.1) is 47.6 Å². The van der Waals surface area contributed by atoms with Crippen LogP contribution in [0.5, 0.6) is 5.75 Å². The standard InChI is InChI=1S/C34H33ClN4O4/c1-19-6-9-24(10-7-19)43-18-22-12-20(2)13-25(21(22)3)31-26(17-36)33(37)38(27-11-8-23(35)14-28(27)39(41)42)29-15-34(4,5)16-30(40)32(29)31/h6-14,31H,15-16,18,37H2,1-5H3. The highest BCUT2D eigenvalue weighted by atomic mass is 35.5. The van der Waals surface area contributed by atoms with Crippen LogP contribution in [0.15, 0.2) is 77.3 Å². The van der Waals surface area contributed by atoms with Gasteiger partial charge in [0.15, 0.2) is 5.78 Å². The van der Waals surface area contributed by atoms with Gasteiger partial charge in [-0.25, -0.2) is 0 Å². The van der Waals surface area contributed by atoms with E-state index in [-0.39, 0.29) is 40.0 Å². The maximum absolute atomic E-state index is 14.0. The molecule has 0 saturated carbocycles. The summed E-state index contributed by atoms with van der Waals surface area (Å²) in [5.41, 5.74) is 12.1. The van der Waals surface area contributed by atoms with Crippen LogP contribution >= 0.6 is 11.6 Å². The number of nitrogens with zero attached hydrogens (tertiary/aromatic N) is 3. The van der Waals surface area contributed by atoms with E-state index in [0.717, 1.165) is 33.6 Å². The second-order valence-corrected chi connectivity index (χ2v) is 12.5. The van der Waals surface area contributed by atoms with Crippen molar-refractivity contribution < 1.29 is 14.5 Å². The van der Waals surface area contributed by atoms with Crippen molar-refractivity contribution in [3.63, 3.8) is 0 Å². The van der Waals surface area contributed by atoms with E-state index in [1.54, 1.807) is 0 Å². The van der Waals surface area contributed by atoms with Gasteiger partial charge in [-0.05, 0) is 73.6 Å². The molecule has 1 atom stereocenters. The summed E-state index contributed by atoms with van der Waals surface area (Å²) in [6.07, 6.45) is 0.698. The van der Waals surface area contributed by atoms with Crippen molar-refractivity contribution in [2.75, 3.05) is 4.90 Å². The number of Topliss-reactive ketones (excluding diaryl/α,β-unsaturated/α-hetero) is 1. The quantitative estimate of drug-likeness (QED) is 0.228. The molecule has 1 heterocycles. The number of allylic oxidation sites excluding steroid dienone is 3. The fourth-order valence-electron chi connectivity index (χ4n) is 6.14. The van der Waals surface area contributed by atoms with Gasteiger partial charge in [0.05, 0.1) is 22.5 Å². The molecule has 0 bridgehead atoms. The van der Waals surface area contributed by atoms with Crippen LogP contribution in [0.3, 0.4) is 0 Å². The Balaban J connectivity index is 1.70. The number of halogens is 1. The number of nitrogens with two attached hydrogens (primary N) is 1. The Hall–Kier alpha value is -4.61. The topological polar surface area (TPSA) is 122 Å². The zero-order chi connectivity index (χ0) is 31.2. The molecule has 2 aliphatic rings. The normalized spacial score (nSPS) is 17.9. The van der Waals surface area contributed by atoms with E-state index in [1.165, 1.54) is 23.1 Å². The molecule has 43 heavy (non-hydrogen) atoms. The monoisotopic (exact) mass is 596 g/mol. The number of anilines is 1. The predicted octanol–water partition coefficient (Wildman–Crippen LogP) is 7.69. The number of nitriles is 1. The van der Waals surface area contributed by atoms with Gasteiger partial charge >= 0.3 is 0 Å². The van der Waals surface area contributed by atoms with E-state index in [9.17, 15) is 20.2 Å². The Morgan fingerprint density at radius 1 is 1.09 bits per heavy atom. The number of nitro benzene ring substituents is 1. The summed E-state index contributed by atoms with van der Waals surface area (Å²) < 4.78 is 6.11. The van der Waals surface area contributed by atoms with E-state index in [4.69, 9.17) is 22.1 Å². The zero-order valence-electron chi connectivity index (χ0n) is 24.8. The highest BCUT2D eigenvalue weighted by Crippen LogP contribution is 2.52. The van der Waals surface area contributed by atoms with Crippen molar-refractivity contribution in [3.05, 3.63) is 120 Å². The number of carbonyl (C=O) groups excluding carboxylic acids is 1. The van der Waals surface area contributed by atoms with Crippen LogP contribution in [-0.2, 0) is 11.4 Å². The maximum atomic E-state index is 14.0. The van der Waals surface area contributed by atoms with Crippen LogP contribution in [0.25, 0.3) is 0 Å². The molecule has 220 valence electrons. The minimum Gasteiger partial charge on any atom is -0.489 e. The number of rotatable bonds is 6. The molecule has 3 aromatic carbocycles. The van der Waals surface area contributed by atoms with Crippen molar-refractivity contribution in [2.24, 2.45) is 11.1 Å². The van der Waals surface area contributed by atoms with Gasteiger partial charge in [-0.2, -0.15) is 5.26 Å². The lowest BCUT2D eigenvalue weighted by Crippen LogP contribution is -2.42. The number of carbonyl (C=O) groups is 1. The minimum absolute atomic E-state index is 0.0560. The molecule has 9 heteroatoms. The molecule has 0 radical (unpaired) electrons. The highest BCUT2D eigenvalue weighted by molar-refractivity contribution is 6.31. The van der Waals surface area contributed by atoms with E-state index >= 15 is 0 Å². The molecule has 2 N–H and O–H groups in total. The molecule has 8 nitrogen and oxygen atoms in total. The lowest BCUT2D eigenvalue weighted by Gasteiger charge is -2.43. The summed E-state index contributed by atoms with van der Waals surface area (Å²) in [6.45, 7) is 10.2. The summed E-state index contributed by atoms with van der Waals surface area (Å²) >= 11 is 6.13. The number of ketones is 1. The molecule has 0 saturated heterocycles. The smallest absolute Gasteiger partial charge is 0.294 e. The first-order valence-corrected chi connectivity index (χ1v) is 14.4. The number of aryl methyl sites for hydroxylation is 2. The van der Waals surface area contributed by atoms with Gasteiger partial charge in [-0.1, -0.05) is 60.8 Å². The van der Waals surface area contributed by atoms with Crippen LogP contribution in [-0.4, -0.2) is 10.7 Å². The largest absolute Gasteiger partial charge is 0.489 e. The molecule has 1 aliphatic heterocycles. The third kappa shape index (κ3) is 5.61. The molecule has 1 unspecified atom stereocenters. The third-order valence-corrected chi connectivity index (χ3v) is 8.42. The Bertz CT molecular complexity index is 1770. The van der Waals surface area contributed by atoms with Gasteiger partial charge in [0.2, 0.25) is 0 Å². The van der Waals surface area contributed by atoms with Crippen LogP contribution in [0.2, 0.25) is 5.02 Å². The number of nitro groups is 1. The van der Waals surface area contributed by atoms with Crippen molar-refractivity contribution in [1.82, 2.24) is 0 Å². The average Bonchev–Trinajstić information content (AvgIpc) is 2.93. The van der Waals surface area contributed by atoms with Crippen molar-refractivity contribution in [1.29, 1.82) is 5.26 Å². The molecule has 0 spiro atoms. The summed E-state index contributed by atoms with van der Waals surface area (Å²) in [4.78, 5) is 27.1. The first kappa shape index (κ1) is 29.9. The van der Waals surface area contributed by atoms with Gasteiger partial charge < -0.3 is 10.5 Å². The molecule has 1 aliphatic carbocycles. The van der Waals surface area contributed by atoms with Gasteiger partial charge in [0.25, 0.3) is 5.69 Å². The number of hydrogen-bond acceptors (Lipinski definition) is 7. The van der Waals surface area contributed by atoms with E-state index in [0.29, 0.717) is 24.3 Å². The van der Waals surface area contributed by atoms with E-state index < -0.39 is 16.3 Å². The summed E-state index contributed by atoms with van der Waals surface area (Å²) in [7, 11) is 0. The Morgan fingerprint density at radius 3 is 2.44 bits per heavy atom. The molecule has 3 aromatic rings. The van der Waals surface area contributed by atoms with Gasteiger partial charge in [-0.15, -0.1) is 0 Å². The van der Waals surface area contributed by atoms with Gasteiger partial charge in [0, 0.05) is 28.8 Å². The number of hydrogen-bond donors (Lipinski definition) is 1. The van der Waals surface area contributed by atoms with Crippen molar-refractivity contribution in [2.45, 2.75) is 60.0 Å². The van der Waals surface area contributed by atoms with Crippen molar-refractivity contribution in [3.8, 4) is 11.8 Å². The lowest BCUT2D eigenvalue weighted by atomic mass is 9.68. The third-order valence-electron chi connectivity index (χ3n) is 8.18. The molecular formula is C34H33ClN4O4. The van der Waals surface area contributed by atoms with Gasteiger partial charge in [0.1, 0.15) is 23.9 Å². The number of benzene rings is 3. The van der Waals surface area contributed by atoms with Crippen molar-refractivity contribution >= 4 is 28.8 Å². The average molecular weight is 597 g/mol. The molecule has 0 aromatic heterocycles. The first-order valence-electron chi connectivity index (χ1n) is 14.0. The summed E-state index contributed by atoms with van der Waals surface area (Å²) in [6, 6.07) is 18.4. The first-order chi connectivity index (χ1) is 20.3. The minimum atomic E-state index is -0.732. The summed E-state index contributed by atoms with van der Waals surface area (Å²) in [5.74, 6) is -0.0521. The molecule has 0 amide bonds.